The monoisotopic (exact) mass is 397 g/mol. The molecule has 0 atom stereocenters. The molecule has 1 N–H and O–H groups in total. The van der Waals surface area contributed by atoms with Gasteiger partial charge in [0.25, 0.3) is 5.91 Å². The SMILES string of the molecule is O=C(NCCCn1ccnc1-c1ccccc1)c1ccccc1Oc1ccccc1. The molecule has 1 aromatic heterocycles. The van der Waals surface area contributed by atoms with E-state index in [2.05, 4.69) is 14.9 Å². The lowest BCUT2D eigenvalue weighted by molar-refractivity contribution is 0.0950. The molecule has 1 amide bonds. The number of hydrogen-bond donors (Lipinski definition) is 1. The van der Waals surface area contributed by atoms with Gasteiger partial charge in [0.2, 0.25) is 0 Å². The van der Waals surface area contributed by atoms with Gasteiger partial charge < -0.3 is 14.6 Å². The third-order valence-electron chi connectivity index (χ3n) is 4.71. The van der Waals surface area contributed by atoms with Crippen LogP contribution >= 0.6 is 0 Å². The third kappa shape index (κ3) is 4.75. The highest BCUT2D eigenvalue weighted by atomic mass is 16.5. The number of para-hydroxylation sites is 2. The summed E-state index contributed by atoms with van der Waals surface area (Å²) in [4.78, 5) is 17.2. The lowest BCUT2D eigenvalue weighted by Gasteiger charge is -2.12. The second-order valence-electron chi connectivity index (χ2n) is 6.83. The number of nitrogens with zero attached hydrogens (tertiary/aromatic N) is 2. The van der Waals surface area contributed by atoms with Crippen LogP contribution in [0.25, 0.3) is 11.4 Å². The molecule has 30 heavy (non-hydrogen) atoms. The van der Waals surface area contributed by atoms with Crippen LogP contribution in [0, 0.1) is 0 Å². The first-order valence-electron chi connectivity index (χ1n) is 9.98. The molecule has 0 bridgehead atoms. The van der Waals surface area contributed by atoms with Crippen molar-refractivity contribution >= 4 is 5.91 Å². The predicted molar refractivity (Wildman–Crippen MR) is 118 cm³/mol. The number of carbonyl (C=O) groups is 1. The Morgan fingerprint density at radius 2 is 1.60 bits per heavy atom. The minimum Gasteiger partial charge on any atom is -0.457 e. The van der Waals surface area contributed by atoms with Crippen molar-refractivity contribution in [2.24, 2.45) is 0 Å². The number of ether oxygens (including phenoxy) is 1. The molecular formula is C25H23N3O2. The van der Waals surface area contributed by atoms with Gasteiger partial charge in [-0.05, 0) is 30.7 Å². The molecule has 0 saturated heterocycles. The summed E-state index contributed by atoms with van der Waals surface area (Å²) in [5.74, 6) is 2.03. The summed E-state index contributed by atoms with van der Waals surface area (Å²) in [7, 11) is 0. The molecular weight excluding hydrogens is 374 g/mol. The van der Waals surface area contributed by atoms with Gasteiger partial charge in [-0.2, -0.15) is 0 Å². The first-order valence-corrected chi connectivity index (χ1v) is 9.98. The molecule has 0 spiro atoms. The molecule has 0 unspecified atom stereocenters. The summed E-state index contributed by atoms with van der Waals surface area (Å²) in [5.41, 5.74) is 1.60. The van der Waals surface area contributed by atoms with Crippen molar-refractivity contribution < 1.29 is 9.53 Å². The Hall–Kier alpha value is -3.86. The molecule has 150 valence electrons. The standard InChI is InChI=1S/C25H23N3O2/c29-25(22-14-7-8-15-23(22)30-21-12-5-2-6-13-21)27-16-9-18-28-19-17-26-24(28)20-10-3-1-4-11-20/h1-8,10-15,17,19H,9,16,18H2,(H,27,29). The van der Waals surface area contributed by atoms with Crippen LogP contribution in [-0.4, -0.2) is 22.0 Å². The number of carbonyl (C=O) groups excluding carboxylic acids is 1. The van der Waals surface area contributed by atoms with Crippen molar-refractivity contribution in [2.45, 2.75) is 13.0 Å². The van der Waals surface area contributed by atoms with Crippen molar-refractivity contribution in [1.82, 2.24) is 14.9 Å². The van der Waals surface area contributed by atoms with Gasteiger partial charge in [-0.1, -0.05) is 60.7 Å². The first kappa shape index (κ1) is 19.5. The van der Waals surface area contributed by atoms with Crippen LogP contribution < -0.4 is 10.1 Å². The molecule has 5 nitrogen and oxygen atoms in total. The average molecular weight is 397 g/mol. The Kier molecular flexibility index (Phi) is 6.20. The van der Waals surface area contributed by atoms with E-state index in [1.54, 1.807) is 18.3 Å². The molecule has 0 radical (unpaired) electrons. The molecule has 5 heteroatoms. The fraction of sp³-hybridized carbons (Fsp3) is 0.120. The van der Waals surface area contributed by atoms with E-state index in [-0.39, 0.29) is 5.91 Å². The Morgan fingerprint density at radius 1 is 0.900 bits per heavy atom. The van der Waals surface area contributed by atoms with Crippen molar-refractivity contribution in [3.05, 3.63) is 103 Å². The summed E-state index contributed by atoms with van der Waals surface area (Å²) < 4.78 is 7.99. The van der Waals surface area contributed by atoms with E-state index in [4.69, 9.17) is 4.74 Å². The summed E-state index contributed by atoms with van der Waals surface area (Å²) in [6, 6.07) is 26.8. The van der Waals surface area contributed by atoms with Gasteiger partial charge in [-0.3, -0.25) is 4.79 Å². The predicted octanol–water partition coefficient (Wildman–Crippen LogP) is 5.16. The fourth-order valence-corrected chi connectivity index (χ4v) is 3.24. The van der Waals surface area contributed by atoms with Crippen LogP contribution in [0.3, 0.4) is 0 Å². The van der Waals surface area contributed by atoms with Crippen LogP contribution in [-0.2, 0) is 6.54 Å². The summed E-state index contributed by atoms with van der Waals surface area (Å²) in [6.45, 7) is 1.33. The lowest BCUT2D eigenvalue weighted by atomic mass is 10.2. The van der Waals surface area contributed by atoms with E-state index in [1.165, 1.54) is 0 Å². The van der Waals surface area contributed by atoms with E-state index in [0.717, 1.165) is 24.4 Å². The summed E-state index contributed by atoms with van der Waals surface area (Å²) in [6.07, 6.45) is 4.56. The Bertz CT molecular complexity index is 1090. The van der Waals surface area contributed by atoms with E-state index < -0.39 is 0 Å². The first-order chi connectivity index (χ1) is 14.8. The van der Waals surface area contributed by atoms with Crippen molar-refractivity contribution in [3.8, 4) is 22.9 Å². The average Bonchev–Trinajstić information content (AvgIpc) is 3.27. The highest BCUT2D eigenvalue weighted by Gasteiger charge is 2.12. The van der Waals surface area contributed by atoms with Crippen molar-refractivity contribution in [2.75, 3.05) is 6.54 Å². The summed E-state index contributed by atoms with van der Waals surface area (Å²) >= 11 is 0. The number of amides is 1. The molecule has 0 aliphatic carbocycles. The Balaban J connectivity index is 1.34. The van der Waals surface area contributed by atoms with Crippen molar-refractivity contribution in [3.63, 3.8) is 0 Å². The van der Waals surface area contributed by atoms with E-state index >= 15 is 0 Å². The van der Waals surface area contributed by atoms with Gasteiger partial charge in [-0.25, -0.2) is 4.98 Å². The zero-order chi connectivity index (χ0) is 20.6. The van der Waals surface area contributed by atoms with Gasteiger partial charge in [0.05, 0.1) is 5.56 Å². The molecule has 3 aromatic carbocycles. The zero-order valence-corrected chi connectivity index (χ0v) is 16.6. The third-order valence-corrected chi connectivity index (χ3v) is 4.71. The number of nitrogens with one attached hydrogen (secondary N) is 1. The van der Waals surface area contributed by atoms with Crippen molar-refractivity contribution in [1.29, 1.82) is 0 Å². The number of rotatable bonds is 8. The zero-order valence-electron chi connectivity index (χ0n) is 16.6. The minimum absolute atomic E-state index is 0.143. The van der Waals surface area contributed by atoms with Crippen LogP contribution in [0.4, 0.5) is 0 Å². The van der Waals surface area contributed by atoms with Gasteiger partial charge >= 0.3 is 0 Å². The van der Waals surface area contributed by atoms with Crippen LogP contribution in [0.5, 0.6) is 11.5 Å². The number of aryl methyl sites for hydroxylation is 1. The quantitative estimate of drug-likeness (QED) is 0.418. The number of hydrogen-bond acceptors (Lipinski definition) is 3. The maximum absolute atomic E-state index is 12.7. The summed E-state index contributed by atoms with van der Waals surface area (Å²) in [5, 5.41) is 2.99. The highest BCUT2D eigenvalue weighted by Crippen LogP contribution is 2.25. The lowest BCUT2D eigenvalue weighted by Crippen LogP contribution is -2.25. The highest BCUT2D eigenvalue weighted by molar-refractivity contribution is 5.97. The largest absolute Gasteiger partial charge is 0.457 e. The normalized spacial score (nSPS) is 10.5. The van der Waals surface area contributed by atoms with E-state index in [0.29, 0.717) is 23.6 Å². The number of aromatic nitrogens is 2. The molecule has 0 fully saturated rings. The number of imidazole rings is 1. The minimum atomic E-state index is -0.143. The van der Waals surface area contributed by atoms with Crippen LogP contribution in [0.1, 0.15) is 16.8 Å². The topological polar surface area (TPSA) is 56.2 Å². The van der Waals surface area contributed by atoms with Gasteiger partial charge in [0.15, 0.2) is 0 Å². The fourth-order valence-electron chi connectivity index (χ4n) is 3.24. The molecule has 0 saturated carbocycles. The molecule has 0 aliphatic rings. The molecule has 4 aromatic rings. The number of benzene rings is 3. The van der Waals surface area contributed by atoms with E-state index in [9.17, 15) is 4.79 Å². The molecule has 0 aliphatic heterocycles. The van der Waals surface area contributed by atoms with Gasteiger partial charge in [0.1, 0.15) is 17.3 Å². The van der Waals surface area contributed by atoms with E-state index in [1.807, 2.05) is 79.0 Å². The Labute approximate surface area is 176 Å². The second kappa shape index (κ2) is 9.56. The molecule has 4 rings (SSSR count). The second-order valence-corrected chi connectivity index (χ2v) is 6.83. The Morgan fingerprint density at radius 3 is 2.40 bits per heavy atom. The van der Waals surface area contributed by atoms with Gasteiger partial charge in [0, 0.05) is 31.0 Å². The van der Waals surface area contributed by atoms with Crippen LogP contribution in [0.2, 0.25) is 0 Å². The molecule has 1 heterocycles. The van der Waals surface area contributed by atoms with Gasteiger partial charge in [-0.15, -0.1) is 0 Å². The van der Waals surface area contributed by atoms with Crippen LogP contribution in [0.15, 0.2) is 97.3 Å². The maximum Gasteiger partial charge on any atom is 0.255 e. The smallest absolute Gasteiger partial charge is 0.255 e. The maximum atomic E-state index is 12.7.